The Morgan fingerprint density at radius 3 is 2.50 bits per heavy atom. The van der Waals surface area contributed by atoms with E-state index in [4.69, 9.17) is 9.47 Å². The van der Waals surface area contributed by atoms with Crippen LogP contribution in [0.2, 0.25) is 0 Å². The quantitative estimate of drug-likeness (QED) is 0.336. The Balaban J connectivity index is 1.95. The Hall–Kier alpha value is -3.20. The average Bonchev–Trinajstić information content (AvgIpc) is 2.92. The van der Waals surface area contributed by atoms with Crippen LogP contribution in [-0.4, -0.2) is 24.9 Å². The number of halogens is 2. The van der Waals surface area contributed by atoms with Crippen molar-refractivity contribution in [3.05, 3.63) is 57.8 Å². The molecule has 0 radical (unpaired) electrons. The van der Waals surface area contributed by atoms with Crippen molar-refractivity contribution in [1.29, 1.82) is 0 Å². The van der Waals surface area contributed by atoms with Crippen LogP contribution in [0.25, 0.3) is 6.08 Å². The van der Waals surface area contributed by atoms with Gasteiger partial charge < -0.3 is 9.47 Å². The monoisotopic (exact) mass is 448 g/mol. The molecule has 2 amide bonds. The summed E-state index contributed by atoms with van der Waals surface area (Å²) in [5.74, 6) is -1.73. The number of methoxy groups -OCH3 is 1. The molecule has 0 bridgehead atoms. The van der Waals surface area contributed by atoms with E-state index in [9.17, 15) is 18.8 Å². The highest BCUT2D eigenvalue weighted by atomic mass is 79.9. The van der Waals surface area contributed by atoms with Crippen LogP contribution < -0.4 is 19.9 Å². The van der Waals surface area contributed by atoms with Crippen LogP contribution in [0.1, 0.15) is 12.5 Å². The molecule has 1 saturated heterocycles. The molecule has 1 aliphatic rings. The van der Waals surface area contributed by atoms with Gasteiger partial charge in [-0.05, 0) is 64.0 Å². The lowest BCUT2D eigenvalue weighted by Gasteiger charge is -2.14. The van der Waals surface area contributed by atoms with Crippen molar-refractivity contribution in [2.75, 3.05) is 12.1 Å². The van der Waals surface area contributed by atoms with Crippen LogP contribution in [0.3, 0.4) is 0 Å². The summed E-state index contributed by atoms with van der Waals surface area (Å²) in [6.45, 7) is 1.26. The zero-order valence-corrected chi connectivity index (χ0v) is 16.4. The van der Waals surface area contributed by atoms with Crippen LogP contribution in [0.4, 0.5) is 10.1 Å². The molecule has 3 rings (SSSR count). The second-order valence-electron chi connectivity index (χ2n) is 5.74. The Bertz CT molecular complexity index is 1000. The first kappa shape index (κ1) is 19.6. The fourth-order valence-corrected chi connectivity index (χ4v) is 3.10. The third-order valence-corrected chi connectivity index (χ3v) is 4.37. The first-order valence-electron chi connectivity index (χ1n) is 7.99. The van der Waals surface area contributed by atoms with Crippen LogP contribution in [0, 0.1) is 5.82 Å². The summed E-state index contributed by atoms with van der Waals surface area (Å²) in [6.07, 6.45) is 1.38. The van der Waals surface area contributed by atoms with E-state index in [0.717, 1.165) is 5.01 Å². The first-order chi connectivity index (χ1) is 13.3. The van der Waals surface area contributed by atoms with Gasteiger partial charge in [0.2, 0.25) is 0 Å². The number of rotatable bonds is 4. The summed E-state index contributed by atoms with van der Waals surface area (Å²) in [5, 5.41) is 1.03. The van der Waals surface area contributed by atoms with Crippen molar-refractivity contribution >= 4 is 45.5 Å². The molecule has 1 fully saturated rings. The van der Waals surface area contributed by atoms with Crippen LogP contribution in [-0.2, 0) is 14.4 Å². The molecule has 144 valence electrons. The zero-order valence-electron chi connectivity index (χ0n) is 14.8. The molecular formula is C19H14BrFN2O5. The summed E-state index contributed by atoms with van der Waals surface area (Å²) >= 11 is 3.28. The van der Waals surface area contributed by atoms with E-state index in [2.05, 4.69) is 21.4 Å². The van der Waals surface area contributed by atoms with Gasteiger partial charge in [-0.15, -0.1) is 0 Å². The van der Waals surface area contributed by atoms with Gasteiger partial charge in [-0.3, -0.25) is 19.8 Å². The molecule has 0 unspecified atom stereocenters. The van der Waals surface area contributed by atoms with Crippen LogP contribution >= 0.6 is 15.9 Å². The van der Waals surface area contributed by atoms with E-state index < -0.39 is 23.6 Å². The van der Waals surface area contributed by atoms with Crippen molar-refractivity contribution < 1.29 is 28.2 Å². The molecule has 2 aromatic carbocycles. The number of hydrogen-bond acceptors (Lipinski definition) is 5. The van der Waals surface area contributed by atoms with Crippen molar-refractivity contribution in [1.82, 2.24) is 5.43 Å². The third kappa shape index (κ3) is 3.89. The number of hydrazine groups is 1. The summed E-state index contributed by atoms with van der Waals surface area (Å²) < 4.78 is 23.8. The minimum absolute atomic E-state index is 0.112. The fraction of sp³-hybridized carbons (Fsp3) is 0.105. The van der Waals surface area contributed by atoms with Gasteiger partial charge in [-0.2, -0.15) is 0 Å². The van der Waals surface area contributed by atoms with E-state index in [0.29, 0.717) is 15.7 Å². The molecule has 0 saturated carbocycles. The Morgan fingerprint density at radius 1 is 1.21 bits per heavy atom. The number of anilines is 1. The predicted octanol–water partition coefficient (Wildman–Crippen LogP) is 2.98. The summed E-state index contributed by atoms with van der Waals surface area (Å²) in [6, 6.07) is 8.23. The Labute approximate surface area is 167 Å². The summed E-state index contributed by atoms with van der Waals surface area (Å²) in [5.41, 5.74) is 3.12. The minimum atomic E-state index is -0.603. The molecule has 1 heterocycles. The highest BCUT2D eigenvalue weighted by molar-refractivity contribution is 9.10. The largest absolute Gasteiger partial charge is 0.493 e. The molecule has 0 spiro atoms. The smallest absolute Gasteiger partial charge is 0.308 e. The topological polar surface area (TPSA) is 84.9 Å². The van der Waals surface area contributed by atoms with Crippen LogP contribution in [0.5, 0.6) is 11.5 Å². The Kier molecular flexibility index (Phi) is 5.46. The highest BCUT2D eigenvalue weighted by Crippen LogP contribution is 2.37. The maximum atomic E-state index is 13.1. The molecule has 1 N–H and O–H groups in total. The number of benzene rings is 2. The molecule has 0 atom stereocenters. The van der Waals surface area contributed by atoms with Crippen molar-refractivity contribution in [3.63, 3.8) is 0 Å². The van der Waals surface area contributed by atoms with Gasteiger partial charge in [0.05, 0.1) is 17.3 Å². The number of nitrogens with one attached hydrogen (secondary N) is 1. The minimum Gasteiger partial charge on any atom is -0.493 e. The van der Waals surface area contributed by atoms with Gasteiger partial charge in [0, 0.05) is 6.92 Å². The second kappa shape index (κ2) is 7.81. The normalized spacial score (nSPS) is 15.0. The molecule has 0 aromatic heterocycles. The van der Waals surface area contributed by atoms with Gasteiger partial charge in [-0.1, -0.05) is 0 Å². The third-order valence-electron chi connectivity index (χ3n) is 3.78. The summed E-state index contributed by atoms with van der Waals surface area (Å²) in [7, 11) is 1.40. The predicted molar refractivity (Wildman–Crippen MR) is 102 cm³/mol. The number of nitrogens with zero attached hydrogens (tertiary/aromatic N) is 1. The number of ether oxygens (including phenoxy) is 2. The van der Waals surface area contributed by atoms with Gasteiger partial charge in [0.15, 0.2) is 11.5 Å². The van der Waals surface area contributed by atoms with Crippen molar-refractivity contribution in [2.24, 2.45) is 0 Å². The van der Waals surface area contributed by atoms with Crippen LogP contribution in [0.15, 0.2) is 46.4 Å². The lowest BCUT2D eigenvalue weighted by molar-refractivity contribution is -0.132. The molecular weight excluding hydrogens is 435 g/mol. The lowest BCUT2D eigenvalue weighted by atomic mass is 10.1. The maximum absolute atomic E-state index is 13.1. The number of carbonyl (C=O) groups is 3. The highest BCUT2D eigenvalue weighted by Gasteiger charge is 2.34. The molecule has 1 aliphatic heterocycles. The standard InChI is InChI=1S/C19H14BrFN2O5/c1-10(24)28-17-15(20)8-11(9-16(17)27-2)7-14-18(25)22-23(19(14)26)13-5-3-12(21)4-6-13/h3-9H,1-2H3,(H,22,25)/b14-7+. The van der Waals surface area contributed by atoms with Crippen molar-refractivity contribution in [2.45, 2.75) is 6.92 Å². The molecule has 9 heteroatoms. The van der Waals surface area contributed by atoms with Gasteiger partial charge in [-0.25, -0.2) is 9.40 Å². The molecule has 0 aliphatic carbocycles. The summed E-state index contributed by atoms with van der Waals surface area (Å²) in [4.78, 5) is 36.1. The van der Waals surface area contributed by atoms with E-state index in [1.54, 1.807) is 6.07 Å². The first-order valence-corrected chi connectivity index (χ1v) is 8.78. The average molecular weight is 449 g/mol. The van der Waals surface area contributed by atoms with E-state index >= 15 is 0 Å². The van der Waals surface area contributed by atoms with Gasteiger partial charge in [0.25, 0.3) is 11.8 Å². The lowest BCUT2D eigenvalue weighted by Crippen LogP contribution is -2.35. The molecule has 7 nitrogen and oxygen atoms in total. The second-order valence-corrected chi connectivity index (χ2v) is 6.60. The van der Waals surface area contributed by atoms with Crippen molar-refractivity contribution in [3.8, 4) is 11.5 Å². The number of amides is 2. The fourth-order valence-electron chi connectivity index (χ4n) is 2.56. The molecule has 2 aromatic rings. The Morgan fingerprint density at radius 2 is 1.89 bits per heavy atom. The zero-order chi connectivity index (χ0) is 20.4. The van der Waals surface area contributed by atoms with E-state index in [1.165, 1.54) is 50.4 Å². The SMILES string of the molecule is COc1cc(/C=C2\C(=O)NN(c3ccc(F)cc3)C2=O)cc(Br)c1OC(C)=O. The van der Waals surface area contributed by atoms with Gasteiger partial charge in [0.1, 0.15) is 11.4 Å². The number of esters is 1. The number of hydrogen-bond donors (Lipinski definition) is 1. The molecule has 28 heavy (non-hydrogen) atoms. The number of carbonyl (C=O) groups excluding carboxylic acids is 3. The maximum Gasteiger partial charge on any atom is 0.308 e. The van der Waals surface area contributed by atoms with Gasteiger partial charge >= 0.3 is 5.97 Å². The van der Waals surface area contributed by atoms with E-state index in [-0.39, 0.29) is 17.1 Å². The van der Waals surface area contributed by atoms with E-state index in [1.807, 2.05) is 0 Å².